The number of amides is 1. The standard InChI is InChI=1S/C10H14N2OS/c1-8-4-5-9(11-6-8)14-7-10(13)12(2)3/h4-6H,7H2,1-3H3. The Morgan fingerprint density at radius 3 is 2.71 bits per heavy atom. The van der Waals surface area contributed by atoms with Gasteiger partial charge in [0, 0.05) is 20.3 Å². The average molecular weight is 210 g/mol. The van der Waals surface area contributed by atoms with E-state index in [9.17, 15) is 4.79 Å². The second kappa shape index (κ2) is 5.00. The topological polar surface area (TPSA) is 33.2 Å². The van der Waals surface area contributed by atoms with Crippen molar-refractivity contribution < 1.29 is 4.79 Å². The van der Waals surface area contributed by atoms with Gasteiger partial charge in [-0.05, 0) is 18.6 Å². The van der Waals surface area contributed by atoms with Gasteiger partial charge >= 0.3 is 0 Å². The van der Waals surface area contributed by atoms with Crippen molar-refractivity contribution in [2.45, 2.75) is 11.9 Å². The molecule has 1 rings (SSSR count). The number of hydrogen-bond donors (Lipinski definition) is 0. The zero-order valence-electron chi connectivity index (χ0n) is 8.65. The average Bonchev–Trinajstić information content (AvgIpc) is 2.16. The van der Waals surface area contributed by atoms with Gasteiger partial charge in [0.25, 0.3) is 0 Å². The third-order valence-corrected chi connectivity index (χ3v) is 2.66. The Morgan fingerprint density at radius 1 is 1.50 bits per heavy atom. The maximum absolute atomic E-state index is 11.3. The van der Waals surface area contributed by atoms with E-state index < -0.39 is 0 Å². The molecule has 1 amide bonds. The van der Waals surface area contributed by atoms with E-state index in [0.717, 1.165) is 10.6 Å². The number of carbonyl (C=O) groups excluding carboxylic acids is 1. The van der Waals surface area contributed by atoms with Crippen LogP contribution in [0.25, 0.3) is 0 Å². The first kappa shape index (κ1) is 11.0. The van der Waals surface area contributed by atoms with Crippen molar-refractivity contribution in [2.75, 3.05) is 19.8 Å². The van der Waals surface area contributed by atoms with E-state index in [2.05, 4.69) is 4.98 Å². The van der Waals surface area contributed by atoms with Crippen LogP contribution in [0.4, 0.5) is 0 Å². The van der Waals surface area contributed by atoms with Gasteiger partial charge in [0.1, 0.15) is 0 Å². The molecular weight excluding hydrogens is 196 g/mol. The zero-order valence-corrected chi connectivity index (χ0v) is 9.47. The molecule has 14 heavy (non-hydrogen) atoms. The Labute approximate surface area is 88.5 Å². The fourth-order valence-corrected chi connectivity index (χ4v) is 1.63. The molecule has 0 spiro atoms. The van der Waals surface area contributed by atoms with Crippen molar-refractivity contribution in [1.29, 1.82) is 0 Å². The van der Waals surface area contributed by atoms with Crippen molar-refractivity contribution in [3.05, 3.63) is 23.9 Å². The van der Waals surface area contributed by atoms with Crippen molar-refractivity contribution in [1.82, 2.24) is 9.88 Å². The molecule has 0 radical (unpaired) electrons. The summed E-state index contributed by atoms with van der Waals surface area (Å²) in [4.78, 5) is 17.0. The molecule has 0 aliphatic heterocycles. The van der Waals surface area contributed by atoms with E-state index in [1.165, 1.54) is 11.8 Å². The van der Waals surface area contributed by atoms with Gasteiger partial charge in [-0.2, -0.15) is 0 Å². The highest BCUT2D eigenvalue weighted by molar-refractivity contribution is 7.99. The highest BCUT2D eigenvalue weighted by atomic mass is 32.2. The van der Waals surface area contributed by atoms with Gasteiger partial charge in [0.2, 0.25) is 5.91 Å². The second-order valence-electron chi connectivity index (χ2n) is 3.25. The van der Waals surface area contributed by atoms with Crippen LogP contribution in [0.3, 0.4) is 0 Å². The number of pyridine rings is 1. The maximum Gasteiger partial charge on any atom is 0.232 e. The summed E-state index contributed by atoms with van der Waals surface area (Å²) < 4.78 is 0. The minimum atomic E-state index is 0.109. The van der Waals surface area contributed by atoms with Gasteiger partial charge in [0.05, 0.1) is 10.8 Å². The molecule has 0 aromatic carbocycles. The molecule has 4 heteroatoms. The predicted molar refractivity (Wildman–Crippen MR) is 58.4 cm³/mol. The molecule has 0 N–H and O–H groups in total. The molecule has 0 saturated carbocycles. The van der Waals surface area contributed by atoms with E-state index in [1.807, 2.05) is 25.3 Å². The molecule has 0 bridgehead atoms. The first-order valence-corrected chi connectivity index (χ1v) is 5.34. The summed E-state index contributed by atoms with van der Waals surface area (Å²) >= 11 is 1.46. The van der Waals surface area contributed by atoms with E-state index in [0.29, 0.717) is 5.75 Å². The molecule has 1 aromatic heterocycles. The Kier molecular flexibility index (Phi) is 3.95. The van der Waals surface area contributed by atoms with Crippen LogP contribution in [0, 0.1) is 6.92 Å². The van der Waals surface area contributed by atoms with Crippen LogP contribution in [0.2, 0.25) is 0 Å². The van der Waals surface area contributed by atoms with Gasteiger partial charge < -0.3 is 4.90 Å². The number of rotatable bonds is 3. The Hall–Kier alpha value is -1.03. The molecule has 76 valence electrons. The van der Waals surface area contributed by atoms with Crippen LogP contribution in [0.1, 0.15) is 5.56 Å². The summed E-state index contributed by atoms with van der Waals surface area (Å²) in [5.41, 5.74) is 1.13. The molecule has 0 aliphatic carbocycles. The van der Waals surface area contributed by atoms with Gasteiger partial charge in [-0.1, -0.05) is 17.8 Å². The van der Waals surface area contributed by atoms with E-state index in [-0.39, 0.29) is 5.91 Å². The molecule has 0 unspecified atom stereocenters. The lowest BCUT2D eigenvalue weighted by Crippen LogP contribution is -2.23. The first-order valence-electron chi connectivity index (χ1n) is 4.35. The lowest BCUT2D eigenvalue weighted by Gasteiger charge is -2.08. The number of thioether (sulfide) groups is 1. The van der Waals surface area contributed by atoms with Gasteiger partial charge in [-0.15, -0.1) is 0 Å². The summed E-state index contributed by atoms with van der Waals surface area (Å²) in [5.74, 6) is 0.556. The predicted octanol–water partition coefficient (Wildman–Crippen LogP) is 1.57. The number of carbonyl (C=O) groups is 1. The Morgan fingerprint density at radius 2 is 2.21 bits per heavy atom. The molecule has 1 aromatic rings. The molecule has 0 fully saturated rings. The summed E-state index contributed by atoms with van der Waals surface area (Å²) in [5, 5.41) is 0.894. The molecule has 3 nitrogen and oxygen atoms in total. The third-order valence-electron chi connectivity index (χ3n) is 1.73. The first-order chi connectivity index (χ1) is 6.59. The molecular formula is C10H14N2OS. The van der Waals surface area contributed by atoms with Crippen LogP contribution in [-0.4, -0.2) is 35.6 Å². The zero-order chi connectivity index (χ0) is 10.6. The van der Waals surface area contributed by atoms with E-state index in [4.69, 9.17) is 0 Å². The SMILES string of the molecule is Cc1ccc(SCC(=O)N(C)C)nc1. The number of aromatic nitrogens is 1. The maximum atomic E-state index is 11.3. The molecule has 1 heterocycles. The van der Waals surface area contributed by atoms with Gasteiger partial charge in [-0.3, -0.25) is 4.79 Å². The van der Waals surface area contributed by atoms with Crippen molar-refractivity contribution in [3.63, 3.8) is 0 Å². The van der Waals surface area contributed by atoms with E-state index >= 15 is 0 Å². The minimum absolute atomic E-state index is 0.109. The van der Waals surface area contributed by atoms with Crippen LogP contribution in [0.15, 0.2) is 23.4 Å². The van der Waals surface area contributed by atoms with Crippen LogP contribution in [-0.2, 0) is 4.79 Å². The summed E-state index contributed by atoms with van der Waals surface area (Å²) in [6.07, 6.45) is 1.81. The number of aryl methyl sites for hydroxylation is 1. The van der Waals surface area contributed by atoms with Gasteiger partial charge in [0.15, 0.2) is 0 Å². The minimum Gasteiger partial charge on any atom is -0.348 e. The number of nitrogens with zero attached hydrogens (tertiary/aromatic N) is 2. The summed E-state index contributed by atoms with van der Waals surface area (Å²) in [7, 11) is 3.51. The molecule has 0 saturated heterocycles. The lowest BCUT2D eigenvalue weighted by molar-refractivity contribution is -0.125. The largest absolute Gasteiger partial charge is 0.348 e. The van der Waals surface area contributed by atoms with Crippen molar-refractivity contribution in [2.24, 2.45) is 0 Å². The fraction of sp³-hybridized carbons (Fsp3) is 0.400. The fourth-order valence-electron chi connectivity index (χ4n) is 0.804. The van der Waals surface area contributed by atoms with Crippen LogP contribution < -0.4 is 0 Å². The Balaban J connectivity index is 2.46. The third kappa shape index (κ3) is 3.38. The molecule has 0 aliphatic rings. The normalized spacial score (nSPS) is 9.93. The molecule has 0 atom stereocenters. The number of hydrogen-bond acceptors (Lipinski definition) is 3. The highest BCUT2D eigenvalue weighted by Gasteiger charge is 2.04. The van der Waals surface area contributed by atoms with Crippen LogP contribution >= 0.6 is 11.8 Å². The van der Waals surface area contributed by atoms with Crippen molar-refractivity contribution in [3.8, 4) is 0 Å². The monoisotopic (exact) mass is 210 g/mol. The second-order valence-corrected chi connectivity index (χ2v) is 4.25. The highest BCUT2D eigenvalue weighted by Crippen LogP contribution is 2.14. The van der Waals surface area contributed by atoms with Crippen molar-refractivity contribution >= 4 is 17.7 Å². The van der Waals surface area contributed by atoms with Gasteiger partial charge in [-0.25, -0.2) is 4.98 Å². The Bertz CT molecular complexity index is 308. The smallest absolute Gasteiger partial charge is 0.232 e. The summed E-state index contributed by atoms with van der Waals surface area (Å²) in [6.45, 7) is 1.99. The summed E-state index contributed by atoms with van der Waals surface area (Å²) in [6, 6.07) is 3.93. The quantitative estimate of drug-likeness (QED) is 0.710. The van der Waals surface area contributed by atoms with E-state index in [1.54, 1.807) is 19.0 Å². The lowest BCUT2D eigenvalue weighted by atomic mass is 10.3. The van der Waals surface area contributed by atoms with Crippen LogP contribution in [0.5, 0.6) is 0 Å².